The third-order valence-electron chi connectivity index (χ3n) is 4.07. The number of aromatic nitrogens is 1. The van der Waals surface area contributed by atoms with E-state index >= 15 is 0 Å². The largest absolute Gasteiger partial charge is 0.463 e. The van der Waals surface area contributed by atoms with E-state index in [1.807, 2.05) is 12.1 Å². The Balaban J connectivity index is 1.92. The van der Waals surface area contributed by atoms with Crippen molar-refractivity contribution in [2.75, 3.05) is 0 Å². The highest BCUT2D eigenvalue weighted by Crippen LogP contribution is 2.25. The number of halogens is 1. The van der Waals surface area contributed by atoms with Crippen molar-refractivity contribution in [2.24, 2.45) is 4.99 Å². The standard InChI is InChI=1S/C20H13ClN2O3S/c1-2-10-23-17-14(21)7-5-9-16(17)27-20(23)22-19(25)13-11-26-15-8-4-3-6-12(15)18(13)24/h2-9,11H,1,10H2. The van der Waals surface area contributed by atoms with Gasteiger partial charge in [0.15, 0.2) is 4.80 Å². The molecule has 2 aromatic carbocycles. The van der Waals surface area contributed by atoms with Gasteiger partial charge < -0.3 is 8.98 Å². The van der Waals surface area contributed by atoms with Gasteiger partial charge in [-0.2, -0.15) is 4.99 Å². The Kier molecular flexibility index (Phi) is 4.51. The molecular formula is C20H13ClN2O3S. The van der Waals surface area contributed by atoms with Gasteiger partial charge in [0, 0.05) is 6.54 Å². The van der Waals surface area contributed by atoms with E-state index in [-0.39, 0.29) is 5.56 Å². The van der Waals surface area contributed by atoms with Crippen LogP contribution in [0.5, 0.6) is 0 Å². The van der Waals surface area contributed by atoms with Crippen LogP contribution in [0.25, 0.3) is 21.2 Å². The summed E-state index contributed by atoms with van der Waals surface area (Å²) >= 11 is 7.64. The number of hydrogen-bond donors (Lipinski definition) is 0. The van der Waals surface area contributed by atoms with Crippen molar-refractivity contribution < 1.29 is 9.21 Å². The Morgan fingerprint density at radius 2 is 2.07 bits per heavy atom. The van der Waals surface area contributed by atoms with Crippen molar-refractivity contribution in [2.45, 2.75) is 6.54 Å². The van der Waals surface area contributed by atoms with Crippen LogP contribution in [0.4, 0.5) is 0 Å². The van der Waals surface area contributed by atoms with Crippen molar-refractivity contribution in [3.05, 3.63) is 87.0 Å². The maximum absolute atomic E-state index is 12.7. The zero-order valence-corrected chi connectivity index (χ0v) is 15.6. The minimum atomic E-state index is -0.657. The van der Waals surface area contributed by atoms with Gasteiger partial charge in [-0.15, -0.1) is 6.58 Å². The minimum absolute atomic E-state index is 0.109. The molecule has 4 aromatic rings. The van der Waals surface area contributed by atoms with E-state index < -0.39 is 11.3 Å². The van der Waals surface area contributed by atoms with Gasteiger partial charge in [-0.1, -0.05) is 47.2 Å². The molecule has 0 unspecified atom stereocenters. The summed E-state index contributed by atoms with van der Waals surface area (Å²) in [6, 6.07) is 12.3. The van der Waals surface area contributed by atoms with E-state index in [0.717, 1.165) is 16.5 Å². The molecule has 27 heavy (non-hydrogen) atoms. The molecule has 0 aliphatic rings. The quantitative estimate of drug-likeness (QED) is 0.482. The predicted molar refractivity (Wildman–Crippen MR) is 107 cm³/mol. The summed E-state index contributed by atoms with van der Waals surface area (Å²) in [6.07, 6.45) is 2.86. The maximum Gasteiger partial charge on any atom is 0.286 e. The molecule has 0 aliphatic carbocycles. The van der Waals surface area contributed by atoms with E-state index in [1.165, 1.54) is 11.3 Å². The first-order valence-electron chi connectivity index (χ1n) is 8.08. The second-order valence-electron chi connectivity index (χ2n) is 5.76. The SMILES string of the molecule is C=CCn1c(=NC(=O)c2coc3ccccc3c2=O)sc2cccc(Cl)c21. The van der Waals surface area contributed by atoms with E-state index in [2.05, 4.69) is 11.6 Å². The van der Waals surface area contributed by atoms with Crippen molar-refractivity contribution >= 4 is 50.0 Å². The maximum atomic E-state index is 12.7. The third kappa shape index (κ3) is 3.03. The van der Waals surface area contributed by atoms with Crippen LogP contribution < -0.4 is 10.2 Å². The van der Waals surface area contributed by atoms with Gasteiger partial charge in [0.1, 0.15) is 17.4 Å². The second kappa shape index (κ2) is 6.98. The number of para-hydroxylation sites is 2. The van der Waals surface area contributed by atoms with Crippen molar-refractivity contribution in [1.82, 2.24) is 4.57 Å². The molecule has 0 radical (unpaired) electrons. The summed E-state index contributed by atoms with van der Waals surface area (Å²) in [4.78, 5) is 29.9. The Hall–Kier alpha value is -2.96. The molecule has 0 bridgehead atoms. The highest BCUT2D eigenvalue weighted by atomic mass is 35.5. The van der Waals surface area contributed by atoms with E-state index in [0.29, 0.717) is 27.3 Å². The lowest BCUT2D eigenvalue weighted by Crippen LogP contribution is -2.19. The molecule has 0 N–H and O–H groups in total. The molecule has 2 aromatic heterocycles. The molecule has 0 aliphatic heterocycles. The Morgan fingerprint density at radius 1 is 1.26 bits per heavy atom. The fraction of sp³-hybridized carbons (Fsp3) is 0.0500. The summed E-state index contributed by atoms with van der Waals surface area (Å²) in [5.74, 6) is -0.657. The monoisotopic (exact) mass is 396 g/mol. The lowest BCUT2D eigenvalue weighted by molar-refractivity contribution is 0.0995. The van der Waals surface area contributed by atoms with Gasteiger partial charge in [-0.25, -0.2) is 0 Å². The average molecular weight is 397 g/mol. The molecule has 5 nitrogen and oxygen atoms in total. The third-order valence-corrected chi connectivity index (χ3v) is 5.42. The first-order valence-corrected chi connectivity index (χ1v) is 9.28. The summed E-state index contributed by atoms with van der Waals surface area (Å²) in [5, 5.41) is 0.904. The van der Waals surface area contributed by atoms with Crippen molar-refractivity contribution in [3.63, 3.8) is 0 Å². The first kappa shape index (κ1) is 17.5. The smallest absolute Gasteiger partial charge is 0.286 e. The molecule has 0 saturated heterocycles. The van der Waals surface area contributed by atoms with Gasteiger partial charge in [-0.05, 0) is 24.3 Å². The van der Waals surface area contributed by atoms with Crippen LogP contribution in [0.3, 0.4) is 0 Å². The number of rotatable bonds is 3. The number of nitrogens with zero attached hydrogens (tertiary/aromatic N) is 2. The Labute approximate surface area is 162 Å². The lowest BCUT2D eigenvalue weighted by atomic mass is 10.2. The van der Waals surface area contributed by atoms with Crippen LogP contribution in [0, 0.1) is 0 Å². The number of allylic oxidation sites excluding steroid dienone is 1. The number of carbonyl (C=O) groups is 1. The van der Waals surface area contributed by atoms with Crippen LogP contribution in [0.15, 0.2) is 75.6 Å². The van der Waals surface area contributed by atoms with E-state index in [9.17, 15) is 9.59 Å². The molecule has 2 heterocycles. The topological polar surface area (TPSA) is 64.6 Å². The molecule has 0 atom stereocenters. The summed E-state index contributed by atoms with van der Waals surface area (Å²) < 4.78 is 8.11. The molecule has 0 saturated carbocycles. The number of hydrogen-bond acceptors (Lipinski definition) is 4. The Morgan fingerprint density at radius 3 is 2.89 bits per heavy atom. The van der Waals surface area contributed by atoms with E-state index in [4.69, 9.17) is 16.0 Å². The van der Waals surface area contributed by atoms with Crippen LogP contribution in [0.1, 0.15) is 10.4 Å². The van der Waals surface area contributed by atoms with Crippen LogP contribution >= 0.6 is 22.9 Å². The second-order valence-corrected chi connectivity index (χ2v) is 7.18. The number of benzene rings is 2. The molecule has 4 rings (SSSR count). The minimum Gasteiger partial charge on any atom is -0.463 e. The van der Waals surface area contributed by atoms with Crippen molar-refractivity contribution in [1.29, 1.82) is 0 Å². The fourth-order valence-corrected chi connectivity index (χ4v) is 4.24. The number of fused-ring (bicyclic) bond motifs is 2. The van der Waals surface area contributed by atoms with Crippen LogP contribution in [-0.4, -0.2) is 10.5 Å². The molecule has 7 heteroatoms. The van der Waals surface area contributed by atoms with E-state index in [1.54, 1.807) is 41.0 Å². The van der Waals surface area contributed by atoms with Crippen molar-refractivity contribution in [3.8, 4) is 0 Å². The zero-order valence-electron chi connectivity index (χ0n) is 14.0. The van der Waals surface area contributed by atoms with Crippen LogP contribution in [0.2, 0.25) is 5.02 Å². The highest BCUT2D eigenvalue weighted by Gasteiger charge is 2.15. The molecule has 0 spiro atoms. The average Bonchev–Trinajstić information content (AvgIpc) is 3.01. The van der Waals surface area contributed by atoms with Gasteiger partial charge in [0.2, 0.25) is 5.43 Å². The number of amides is 1. The normalized spacial score (nSPS) is 12.0. The summed E-state index contributed by atoms with van der Waals surface area (Å²) in [6.45, 7) is 4.18. The summed E-state index contributed by atoms with van der Waals surface area (Å²) in [5.41, 5.74) is 0.693. The number of carbonyl (C=O) groups excluding carboxylic acids is 1. The first-order chi connectivity index (χ1) is 13.1. The fourth-order valence-electron chi connectivity index (χ4n) is 2.84. The van der Waals surface area contributed by atoms with Gasteiger partial charge in [0.25, 0.3) is 5.91 Å². The molecule has 1 amide bonds. The highest BCUT2D eigenvalue weighted by molar-refractivity contribution is 7.16. The molecule has 134 valence electrons. The van der Waals surface area contributed by atoms with Gasteiger partial charge in [0.05, 0.1) is 20.6 Å². The van der Waals surface area contributed by atoms with Crippen LogP contribution in [-0.2, 0) is 6.54 Å². The van der Waals surface area contributed by atoms with Gasteiger partial charge in [-0.3, -0.25) is 9.59 Å². The predicted octanol–water partition coefficient (Wildman–Crippen LogP) is 4.39. The zero-order chi connectivity index (χ0) is 19.0. The summed E-state index contributed by atoms with van der Waals surface area (Å²) in [7, 11) is 0. The molecular weight excluding hydrogens is 384 g/mol. The molecule has 0 fully saturated rings. The van der Waals surface area contributed by atoms with Gasteiger partial charge >= 0.3 is 0 Å². The Bertz CT molecular complexity index is 1330. The number of thiazole rings is 1. The lowest BCUT2D eigenvalue weighted by Gasteiger charge is -2.02.